The van der Waals surface area contributed by atoms with E-state index in [1.807, 2.05) is 29.2 Å². The molecule has 1 aromatic carbocycles. The summed E-state index contributed by atoms with van der Waals surface area (Å²) in [6.07, 6.45) is 4.78. The molecular formula is C22H25ClN8O. The molecule has 2 aliphatic rings. The van der Waals surface area contributed by atoms with Crippen LogP contribution in [-0.4, -0.2) is 80.3 Å². The first-order valence-corrected chi connectivity index (χ1v) is 10.8. The highest BCUT2D eigenvalue weighted by Crippen LogP contribution is 2.23. The van der Waals surface area contributed by atoms with Gasteiger partial charge in [-0.05, 0) is 30.2 Å². The molecule has 1 atom stereocenters. The molecule has 32 heavy (non-hydrogen) atoms. The molecule has 9 nitrogen and oxygen atoms in total. The number of halogens is 1. The van der Waals surface area contributed by atoms with Crippen LogP contribution in [0.1, 0.15) is 12.0 Å². The van der Waals surface area contributed by atoms with Crippen LogP contribution in [0.25, 0.3) is 22.2 Å². The first-order chi connectivity index (χ1) is 15.3. The zero-order chi connectivity index (χ0) is 20.6. The van der Waals surface area contributed by atoms with Crippen LogP contribution in [0.5, 0.6) is 0 Å². The molecular weight excluding hydrogens is 428 g/mol. The summed E-state index contributed by atoms with van der Waals surface area (Å²) in [6, 6.07) is 10.8. The first kappa shape index (κ1) is 21.0. The Hall–Kier alpha value is -2.88. The first-order valence-electron chi connectivity index (χ1n) is 10.8. The molecule has 6 rings (SSSR count). The maximum atomic E-state index is 5.50. The third kappa shape index (κ3) is 3.99. The van der Waals surface area contributed by atoms with Crippen LogP contribution < -0.4 is 4.90 Å². The maximum absolute atomic E-state index is 5.50. The van der Waals surface area contributed by atoms with E-state index < -0.39 is 0 Å². The molecule has 2 aliphatic heterocycles. The summed E-state index contributed by atoms with van der Waals surface area (Å²) in [7, 11) is 0. The van der Waals surface area contributed by atoms with Gasteiger partial charge in [-0.15, -0.1) is 17.5 Å². The predicted octanol–water partition coefficient (Wildman–Crippen LogP) is 2.15. The number of anilines is 1. The van der Waals surface area contributed by atoms with Gasteiger partial charge in [-0.25, -0.2) is 14.6 Å². The van der Waals surface area contributed by atoms with Crippen molar-refractivity contribution in [1.29, 1.82) is 0 Å². The molecule has 0 saturated carbocycles. The fraction of sp³-hybridized carbons (Fsp3) is 0.409. The summed E-state index contributed by atoms with van der Waals surface area (Å²) in [6.45, 7) is 6.25. The van der Waals surface area contributed by atoms with Gasteiger partial charge in [0, 0.05) is 43.8 Å². The number of morpholine rings is 1. The molecule has 0 aliphatic carbocycles. The topological polar surface area (TPSA) is 85.1 Å². The Labute approximate surface area is 191 Å². The van der Waals surface area contributed by atoms with E-state index in [0.29, 0.717) is 18.2 Å². The smallest absolute Gasteiger partial charge is 0.221 e. The summed E-state index contributed by atoms with van der Waals surface area (Å²) in [5, 5.41) is 9.65. The molecule has 2 fully saturated rings. The van der Waals surface area contributed by atoms with Gasteiger partial charge in [0.25, 0.3) is 0 Å². The molecule has 4 aromatic rings. The van der Waals surface area contributed by atoms with Crippen molar-refractivity contribution in [2.45, 2.75) is 19.0 Å². The number of fused-ring (bicyclic) bond motifs is 2. The highest BCUT2D eigenvalue weighted by atomic mass is 35.5. The third-order valence-corrected chi connectivity index (χ3v) is 6.26. The van der Waals surface area contributed by atoms with Crippen LogP contribution in [-0.2, 0) is 11.3 Å². The normalized spacial score (nSPS) is 19.5. The highest BCUT2D eigenvalue weighted by Gasteiger charge is 2.29. The van der Waals surface area contributed by atoms with Crippen LogP contribution in [0.2, 0.25) is 0 Å². The van der Waals surface area contributed by atoms with Crippen LogP contribution >= 0.6 is 12.4 Å². The number of nitrogens with zero attached hydrogens (tertiary/aromatic N) is 8. The van der Waals surface area contributed by atoms with Crippen LogP contribution in [0.15, 0.2) is 42.7 Å². The lowest BCUT2D eigenvalue weighted by Gasteiger charge is -2.32. The molecule has 166 valence electrons. The monoisotopic (exact) mass is 452 g/mol. The Bertz CT molecular complexity index is 1220. The van der Waals surface area contributed by atoms with E-state index in [-0.39, 0.29) is 12.4 Å². The van der Waals surface area contributed by atoms with Crippen molar-refractivity contribution in [3.63, 3.8) is 0 Å². The van der Waals surface area contributed by atoms with Crippen molar-refractivity contribution in [3.05, 3.63) is 48.3 Å². The summed E-state index contributed by atoms with van der Waals surface area (Å²) in [5.41, 5.74) is 3.42. The van der Waals surface area contributed by atoms with Gasteiger partial charge in [-0.2, -0.15) is 0 Å². The number of pyridine rings is 1. The van der Waals surface area contributed by atoms with Gasteiger partial charge in [0.2, 0.25) is 5.65 Å². The number of rotatable bonds is 4. The molecule has 10 heteroatoms. The third-order valence-electron chi connectivity index (χ3n) is 6.26. The molecule has 0 N–H and O–H groups in total. The summed E-state index contributed by atoms with van der Waals surface area (Å²) >= 11 is 0. The minimum Gasteiger partial charge on any atom is -0.379 e. The van der Waals surface area contributed by atoms with Crippen molar-refractivity contribution < 1.29 is 4.74 Å². The number of aromatic nitrogens is 6. The van der Waals surface area contributed by atoms with E-state index in [0.717, 1.165) is 73.7 Å². The van der Waals surface area contributed by atoms with Crippen molar-refractivity contribution in [1.82, 2.24) is 34.8 Å². The Kier molecular flexibility index (Phi) is 5.86. The second-order valence-electron chi connectivity index (χ2n) is 8.19. The Morgan fingerprint density at radius 1 is 1.06 bits per heavy atom. The summed E-state index contributed by atoms with van der Waals surface area (Å²) in [5.74, 6) is 0.898. The SMILES string of the molecule is Cl.c1cnc2ccc(Cn3nnc4ncc(N5CCC(N6CCOCC6)C5)nc43)cc2c1. The van der Waals surface area contributed by atoms with Gasteiger partial charge in [-0.3, -0.25) is 9.88 Å². The molecule has 1 unspecified atom stereocenters. The van der Waals surface area contributed by atoms with E-state index in [9.17, 15) is 0 Å². The van der Waals surface area contributed by atoms with E-state index >= 15 is 0 Å². The number of hydrogen-bond acceptors (Lipinski definition) is 8. The van der Waals surface area contributed by atoms with Gasteiger partial charge >= 0.3 is 0 Å². The Balaban J connectivity index is 0.00000216. The van der Waals surface area contributed by atoms with E-state index in [4.69, 9.17) is 9.72 Å². The van der Waals surface area contributed by atoms with Crippen molar-refractivity contribution >= 4 is 40.4 Å². The number of ether oxygens (including phenoxy) is 1. The molecule has 0 bridgehead atoms. The average molecular weight is 453 g/mol. The lowest BCUT2D eigenvalue weighted by Crippen LogP contribution is -2.44. The molecule has 2 saturated heterocycles. The second-order valence-corrected chi connectivity index (χ2v) is 8.19. The fourth-order valence-electron chi connectivity index (χ4n) is 4.59. The molecule has 0 amide bonds. The standard InChI is InChI=1S/C22H24N8O.ClH/c1-2-17-12-16(3-4-19(17)23-6-1)14-30-22-21(26-27-30)24-13-20(25-22)29-7-5-18(15-29)28-8-10-31-11-9-28;/h1-4,6,12-13,18H,5,7-11,14-15H2;1H. The average Bonchev–Trinajstić information content (AvgIpc) is 3.47. The van der Waals surface area contributed by atoms with Gasteiger partial charge in [0.1, 0.15) is 5.82 Å². The molecule has 5 heterocycles. The molecule has 0 radical (unpaired) electrons. The Morgan fingerprint density at radius 3 is 2.88 bits per heavy atom. The Morgan fingerprint density at radius 2 is 1.97 bits per heavy atom. The predicted molar refractivity (Wildman–Crippen MR) is 124 cm³/mol. The minimum absolute atomic E-state index is 0. The van der Waals surface area contributed by atoms with Crippen molar-refractivity contribution in [2.75, 3.05) is 44.3 Å². The van der Waals surface area contributed by atoms with Crippen LogP contribution in [0.3, 0.4) is 0 Å². The zero-order valence-electron chi connectivity index (χ0n) is 17.7. The lowest BCUT2D eigenvalue weighted by molar-refractivity contribution is 0.0209. The molecule has 3 aromatic heterocycles. The van der Waals surface area contributed by atoms with Crippen molar-refractivity contribution in [2.24, 2.45) is 0 Å². The second kappa shape index (κ2) is 8.93. The summed E-state index contributed by atoms with van der Waals surface area (Å²) in [4.78, 5) is 18.7. The zero-order valence-corrected chi connectivity index (χ0v) is 18.5. The van der Waals surface area contributed by atoms with Crippen LogP contribution in [0, 0.1) is 0 Å². The highest BCUT2D eigenvalue weighted by molar-refractivity contribution is 5.85. The number of hydrogen-bond donors (Lipinski definition) is 0. The van der Waals surface area contributed by atoms with Gasteiger partial charge in [0.15, 0.2) is 5.65 Å². The fourth-order valence-corrected chi connectivity index (χ4v) is 4.59. The van der Waals surface area contributed by atoms with Crippen molar-refractivity contribution in [3.8, 4) is 0 Å². The quantitative estimate of drug-likeness (QED) is 0.465. The molecule has 0 spiro atoms. The van der Waals surface area contributed by atoms with Gasteiger partial charge in [-0.1, -0.05) is 17.3 Å². The van der Waals surface area contributed by atoms with Gasteiger partial charge in [0.05, 0.1) is 31.5 Å². The minimum atomic E-state index is 0. The largest absolute Gasteiger partial charge is 0.379 e. The van der Waals surface area contributed by atoms with Gasteiger partial charge < -0.3 is 9.64 Å². The van der Waals surface area contributed by atoms with E-state index in [1.165, 1.54) is 0 Å². The lowest BCUT2D eigenvalue weighted by atomic mass is 10.1. The maximum Gasteiger partial charge on any atom is 0.221 e. The number of benzene rings is 1. The van der Waals surface area contributed by atoms with Crippen LogP contribution in [0.4, 0.5) is 5.82 Å². The van der Waals surface area contributed by atoms with E-state index in [1.54, 1.807) is 0 Å². The summed E-state index contributed by atoms with van der Waals surface area (Å²) < 4.78 is 7.33. The van der Waals surface area contributed by atoms with E-state index in [2.05, 4.69) is 48.3 Å².